The third-order valence-electron chi connectivity index (χ3n) is 5.87. The first-order chi connectivity index (χ1) is 16.0. The second-order valence-electron chi connectivity index (χ2n) is 8.09. The van der Waals surface area contributed by atoms with Crippen LogP contribution in [0.3, 0.4) is 0 Å². The van der Waals surface area contributed by atoms with Gasteiger partial charge in [0.15, 0.2) is 0 Å². The van der Waals surface area contributed by atoms with Crippen LogP contribution in [0.25, 0.3) is 31.8 Å². The quantitative estimate of drug-likeness (QED) is 0.326. The van der Waals surface area contributed by atoms with Gasteiger partial charge in [0.2, 0.25) is 12.2 Å². The summed E-state index contributed by atoms with van der Waals surface area (Å²) >= 11 is 1.44. The van der Waals surface area contributed by atoms with Crippen LogP contribution in [0.1, 0.15) is 36.7 Å². The lowest BCUT2D eigenvalue weighted by molar-refractivity contribution is -0.176. The van der Waals surface area contributed by atoms with Gasteiger partial charge in [-0.1, -0.05) is 6.42 Å². The van der Waals surface area contributed by atoms with Crippen LogP contribution in [0.4, 0.5) is 0 Å². The molecule has 0 amide bonds. The van der Waals surface area contributed by atoms with Crippen LogP contribution in [0.2, 0.25) is 0 Å². The van der Waals surface area contributed by atoms with Crippen LogP contribution in [0.5, 0.6) is 11.6 Å². The van der Waals surface area contributed by atoms with E-state index in [1.807, 2.05) is 25.1 Å². The Labute approximate surface area is 194 Å². The van der Waals surface area contributed by atoms with E-state index in [4.69, 9.17) is 19.2 Å². The maximum atomic E-state index is 12.3. The average Bonchev–Trinajstić information content (AvgIpc) is 3.19. The molecule has 2 aromatic carbocycles. The highest BCUT2D eigenvalue weighted by Crippen LogP contribution is 2.39. The van der Waals surface area contributed by atoms with E-state index in [0.717, 1.165) is 35.1 Å². The minimum atomic E-state index is -1.43. The molecule has 1 saturated carbocycles. The predicted octanol–water partition coefficient (Wildman–Crippen LogP) is 4.57. The minimum absolute atomic E-state index is 0.138. The molecule has 33 heavy (non-hydrogen) atoms. The fourth-order valence-electron chi connectivity index (χ4n) is 3.87. The second kappa shape index (κ2) is 8.57. The van der Waals surface area contributed by atoms with Crippen LogP contribution >= 0.6 is 11.3 Å². The summed E-state index contributed by atoms with van der Waals surface area (Å²) in [6, 6.07) is 7.46. The lowest BCUT2D eigenvalue weighted by Gasteiger charge is -2.24. The summed E-state index contributed by atoms with van der Waals surface area (Å²) in [4.78, 5) is 26.2. The Morgan fingerprint density at radius 2 is 1.94 bits per heavy atom. The molecular formula is C24H23N3O5S. The van der Waals surface area contributed by atoms with Crippen LogP contribution in [0, 0.1) is 12.8 Å². The van der Waals surface area contributed by atoms with Gasteiger partial charge >= 0.3 is 5.97 Å². The fourth-order valence-corrected chi connectivity index (χ4v) is 4.92. The van der Waals surface area contributed by atoms with Gasteiger partial charge in [-0.15, -0.1) is 11.3 Å². The lowest BCUT2D eigenvalue weighted by atomic mass is 9.86. The maximum Gasteiger partial charge on any atom is 0.311 e. The molecule has 1 unspecified atom stereocenters. The summed E-state index contributed by atoms with van der Waals surface area (Å²) < 4.78 is 16.8. The molecule has 4 aromatic rings. The fraction of sp³-hybridized carbons (Fsp3) is 0.333. The Morgan fingerprint density at radius 3 is 2.64 bits per heavy atom. The monoisotopic (exact) mass is 465 g/mol. The number of aliphatic hydroxyl groups is 1. The maximum absolute atomic E-state index is 12.3. The number of carbonyl (C=O) groups is 1. The van der Waals surface area contributed by atoms with Crippen molar-refractivity contribution in [1.82, 2.24) is 15.0 Å². The van der Waals surface area contributed by atoms with E-state index < -0.39 is 6.29 Å². The van der Waals surface area contributed by atoms with Crippen molar-refractivity contribution in [2.45, 2.75) is 32.5 Å². The van der Waals surface area contributed by atoms with Gasteiger partial charge < -0.3 is 19.3 Å². The van der Waals surface area contributed by atoms with Crippen molar-refractivity contribution in [1.29, 1.82) is 0 Å². The van der Waals surface area contributed by atoms with Crippen molar-refractivity contribution < 1.29 is 24.1 Å². The van der Waals surface area contributed by atoms with Gasteiger partial charge in [-0.3, -0.25) is 4.79 Å². The Balaban J connectivity index is 1.61. The number of ether oxygens (including phenoxy) is 3. The van der Waals surface area contributed by atoms with Crippen LogP contribution < -0.4 is 9.47 Å². The number of rotatable bonds is 6. The largest absolute Gasteiger partial charge is 0.497 e. The number of fused-ring (bicyclic) bond motifs is 2. The molecule has 1 aliphatic rings. The Morgan fingerprint density at radius 1 is 1.12 bits per heavy atom. The molecule has 1 aliphatic carbocycles. The van der Waals surface area contributed by atoms with E-state index in [-0.39, 0.29) is 11.9 Å². The molecule has 1 atom stereocenters. The van der Waals surface area contributed by atoms with Crippen molar-refractivity contribution >= 4 is 38.6 Å². The number of aliphatic hydroxyl groups excluding tert-OH is 1. The number of carbonyl (C=O) groups excluding carboxylic acids is 1. The SMILES string of the molecule is COc1cc(C(O)OC(=O)C2CCC2)c2nc(-c3cc(C)cc4nc(OC)cnc34)sc2c1. The Hall–Kier alpha value is -3.30. The van der Waals surface area contributed by atoms with E-state index in [1.54, 1.807) is 26.5 Å². The number of aryl methyl sites for hydroxylation is 1. The van der Waals surface area contributed by atoms with Crippen molar-refractivity contribution in [3.63, 3.8) is 0 Å². The van der Waals surface area contributed by atoms with Gasteiger partial charge in [-0.05, 0) is 49.6 Å². The highest BCUT2D eigenvalue weighted by molar-refractivity contribution is 7.21. The third-order valence-corrected chi connectivity index (χ3v) is 6.91. The number of benzene rings is 2. The summed E-state index contributed by atoms with van der Waals surface area (Å²) in [5.41, 5.74) is 4.19. The molecule has 0 aliphatic heterocycles. The number of hydrogen-bond acceptors (Lipinski definition) is 9. The van der Waals surface area contributed by atoms with Crippen LogP contribution in [-0.4, -0.2) is 40.2 Å². The molecule has 0 bridgehead atoms. The third kappa shape index (κ3) is 3.98. The molecule has 8 nitrogen and oxygen atoms in total. The average molecular weight is 466 g/mol. The molecular weight excluding hydrogens is 442 g/mol. The van der Waals surface area contributed by atoms with Gasteiger partial charge in [0.1, 0.15) is 10.8 Å². The second-order valence-corrected chi connectivity index (χ2v) is 9.12. The molecule has 2 aromatic heterocycles. The van der Waals surface area contributed by atoms with Crippen molar-refractivity contribution in [3.05, 3.63) is 41.6 Å². The zero-order chi connectivity index (χ0) is 23.1. The number of methoxy groups -OCH3 is 2. The first-order valence-corrected chi connectivity index (χ1v) is 11.5. The lowest BCUT2D eigenvalue weighted by Crippen LogP contribution is -2.25. The number of aromatic nitrogens is 3. The minimum Gasteiger partial charge on any atom is -0.497 e. The Kier molecular flexibility index (Phi) is 5.59. The van der Waals surface area contributed by atoms with Crippen molar-refractivity contribution in [2.24, 2.45) is 5.92 Å². The molecule has 170 valence electrons. The van der Waals surface area contributed by atoms with Crippen molar-refractivity contribution in [2.75, 3.05) is 14.2 Å². The summed E-state index contributed by atoms with van der Waals surface area (Å²) in [5, 5.41) is 11.5. The molecule has 2 heterocycles. The topological polar surface area (TPSA) is 104 Å². The summed E-state index contributed by atoms with van der Waals surface area (Å²) in [6.07, 6.45) is 2.75. The van der Waals surface area contributed by atoms with Gasteiger partial charge in [0, 0.05) is 5.56 Å². The number of hydrogen-bond donors (Lipinski definition) is 1. The van der Waals surface area contributed by atoms with E-state index in [2.05, 4.69) is 9.97 Å². The number of thiazole rings is 1. The molecule has 5 rings (SSSR count). The van der Waals surface area contributed by atoms with E-state index >= 15 is 0 Å². The zero-order valence-electron chi connectivity index (χ0n) is 18.5. The molecule has 0 spiro atoms. The number of nitrogens with zero attached hydrogens (tertiary/aromatic N) is 3. The first-order valence-electron chi connectivity index (χ1n) is 10.7. The molecule has 9 heteroatoms. The zero-order valence-corrected chi connectivity index (χ0v) is 19.3. The van der Waals surface area contributed by atoms with Gasteiger partial charge in [-0.2, -0.15) is 0 Å². The molecule has 1 N–H and O–H groups in total. The highest BCUT2D eigenvalue weighted by Gasteiger charge is 2.30. The van der Waals surface area contributed by atoms with E-state index in [1.165, 1.54) is 11.3 Å². The van der Waals surface area contributed by atoms with E-state index in [0.29, 0.717) is 38.8 Å². The molecule has 0 radical (unpaired) electrons. The summed E-state index contributed by atoms with van der Waals surface area (Å²) in [7, 11) is 3.11. The normalized spacial score (nSPS) is 14.8. The highest BCUT2D eigenvalue weighted by atomic mass is 32.1. The van der Waals surface area contributed by atoms with Crippen molar-refractivity contribution in [3.8, 4) is 22.2 Å². The Bertz CT molecular complexity index is 1370. The molecule has 0 saturated heterocycles. The van der Waals surface area contributed by atoms with E-state index in [9.17, 15) is 9.90 Å². The summed E-state index contributed by atoms with van der Waals surface area (Å²) in [6.45, 7) is 1.98. The van der Waals surface area contributed by atoms with Crippen LogP contribution in [-0.2, 0) is 9.53 Å². The number of esters is 1. The van der Waals surface area contributed by atoms with Gasteiger partial charge in [0.05, 0.1) is 53.1 Å². The molecule has 1 fully saturated rings. The summed E-state index contributed by atoms with van der Waals surface area (Å²) in [5.74, 6) is 0.465. The smallest absolute Gasteiger partial charge is 0.311 e. The van der Waals surface area contributed by atoms with Gasteiger partial charge in [-0.25, -0.2) is 15.0 Å². The predicted molar refractivity (Wildman–Crippen MR) is 124 cm³/mol. The standard InChI is InChI=1S/C24H23N3O5S/c1-12-7-15(20-17(8-12)26-19(31-3)11-25-20)22-27-21-16(9-14(30-2)10-18(21)33-22)24(29)32-23(28)13-5-4-6-13/h7-11,13,24,29H,4-6H2,1-3H3. The van der Waals surface area contributed by atoms with Crippen LogP contribution in [0.15, 0.2) is 30.5 Å². The first kappa shape index (κ1) is 21.5. The van der Waals surface area contributed by atoms with Gasteiger partial charge in [0.25, 0.3) is 0 Å².